The highest BCUT2D eigenvalue weighted by atomic mass is 32.1. The van der Waals surface area contributed by atoms with Gasteiger partial charge in [-0.25, -0.2) is 0 Å². The fraction of sp³-hybridized carbons (Fsp3) is 0.273. The molecule has 2 aromatic heterocycles. The van der Waals surface area contributed by atoms with Crippen LogP contribution >= 0.6 is 11.3 Å². The Labute approximate surface area is 418 Å². The SMILES string of the molecule is CC(C)(C)c1ccc(Nc2cc3sc4cc5c(cc4c3cc2-c2ccc3c4cc6c(cc4n4c3c2[B]c2cc3c(cc2-4)-c2ccccc2C3(C)C)C(C)(C)c2ccccc2-6)C(C)(C)CCC5(C)C)cc1. The van der Waals surface area contributed by atoms with Crippen LogP contribution in [0.2, 0.25) is 0 Å². The summed E-state index contributed by atoms with van der Waals surface area (Å²) in [6.45, 7) is 26.3. The Morgan fingerprint density at radius 1 is 0.500 bits per heavy atom. The lowest BCUT2D eigenvalue weighted by atomic mass is 9.58. The largest absolute Gasteiger partial charge is 0.355 e. The Morgan fingerprint density at radius 2 is 1.09 bits per heavy atom. The van der Waals surface area contributed by atoms with Crippen molar-refractivity contribution in [3.8, 4) is 39.1 Å². The molecule has 8 aromatic carbocycles. The van der Waals surface area contributed by atoms with Crippen molar-refractivity contribution in [2.75, 3.05) is 5.32 Å². The molecule has 1 aliphatic heterocycles. The molecule has 1 radical (unpaired) electrons. The van der Waals surface area contributed by atoms with E-state index in [2.05, 4.69) is 227 Å². The minimum atomic E-state index is -0.121. The number of nitrogens with zero attached hydrogens (tertiary/aromatic N) is 1. The number of fused-ring (bicyclic) bond motifs is 15. The van der Waals surface area contributed by atoms with Crippen LogP contribution in [0.5, 0.6) is 0 Å². The Bertz CT molecular complexity index is 3970. The first kappa shape index (κ1) is 42.5. The smallest absolute Gasteiger partial charge is 0.197 e. The molecule has 3 aliphatic carbocycles. The van der Waals surface area contributed by atoms with Crippen LogP contribution in [0, 0.1) is 0 Å². The van der Waals surface area contributed by atoms with Gasteiger partial charge in [-0.1, -0.05) is 160 Å². The molecule has 14 rings (SSSR count). The third-order valence-electron chi connectivity index (χ3n) is 17.8. The number of aromatic nitrogens is 1. The van der Waals surface area contributed by atoms with Crippen molar-refractivity contribution in [1.29, 1.82) is 0 Å². The summed E-state index contributed by atoms with van der Waals surface area (Å²) in [4.78, 5) is 0. The zero-order chi connectivity index (χ0) is 48.2. The highest BCUT2D eigenvalue weighted by Crippen LogP contribution is 2.54. The summed E-state index contributed by atoms with van der Waals surface area (Å²) in [5, 5.41) is 9.35. The van der Waals surface area contributed by atoms with Crippen LogP contribution in [-0.2, 0) is 27.1 Å². The highest BCUT2D eigenvalue weighted by molar-refractivity contribution is 7.25. The van der Waals surface area contributed by atoms with Crippen LogP contribution in [0.25, 0.3) is 81.0 Å². The van der Waals surface area contributed by atoms with Crippen molar-refractivity contribution < 1.29 is 0 Å². The second-order valence-electron chi connectivity index (χ2n) is 24.7. The van der Waals surface area contributed by atoms with E-state index in [1.165, 1.54) is 144 Å². The van der Waals surface area contributed by atoms with Gasteiger partial charge in [-0.05, 0) is 156 Å². The predicted octanol–water partition coefficient (Wildman–Crippen LogP) is 16.8. The van der Waals surface area contributed by atoms with Gasteiger partial charge in [0, 0.05) is 69.9 Å². The van der Waals surface area contributed by atoms with Crippen LogP contribution in [0.4, 0.5) is 11.4 Å². The molecule has 0 spiro atoms. The number of hydrogen-bond acceptors (Lipinski definition) is 2. The summed E-state index contributed by atoms with van der Waals surface area (Å²) in [6.07, 6.45) is 2.40. The molecule has 0 unspecified atom stereocenters. The Morgan fingerprint density at radius 3 is 1.76 bits per heavy atom. The van der Waals surface area contributed by atoms with E-state index in [0.717, 1.165) is 11.4 Å². The molecular weight excluding hydrogens is 864 g/mol. The first-order valence-electron chi connectivity index (χ1n) is 25.6. The number of anilines is 2. The molecule has 343 valence electrons. The summed E-state index contributed by atoms with van der Waals surface area (Å²) >= 11 is 1.95. The van der Waals surface area contributed by atoms with Gasteiger partial charge in [0.25, 0.3) is 0 Å². The molecule has 0 bridgehead atoms. The van der Waals surface area contributed by atoms with Crippen LogP contribution in [0.15, 0.2) is 133 Å². The van der Waals surface area contributed by atoms with Gasteiger partial charge >= 0.3 is 0 Å². The van der Waals surface area contributed by atoms with Crippen molar-refractivity contribution in [2.24, 2.45) is 0 Å². The maximum atomic E-state index is 4.03. The third kappa shape index (κ3) is 5.69. The summed E-state index contributed by atoms with van der Waals surface area (Å²) in [7, 11) is 2.54. The third-order valence-corrected chi connectivity index (χ3v) is 19.0. The fourth-order valence-electron chi connectivity index (χ4n) is 13.6. The topological polar surface area (TPSA) is 17.0 Å². The molecule has 10 aromatic rings. The van der Waals surface area contributed by atoms with Gasteiger partial charge in [-0.15, -0.1) is 11.3 Å². The van der Waals surface area contributed by atoms with E-state index in [-0.39, 0.29) is 27.1 Å². The molecule has 0 fully saturated rings. The monoisotopic (exact) mass is 923 g/mol. The average Bonchev–Trinajstić information content (AvgIpc) is 3.99. The van der Waals surface area contributed by atoms with Crippen LogP contribution in [0.1, 0.15) is 128 Å². The fourth-order valence-corrected chi connectivity index (χ4v) is 14.7. The van der Waals surface area contributed by atoms with E-state index in [1.807, 2.05) is 11.3 Å². The van der Waals surface area contributed by atoms with Crippen molar-refractivity contribution in [2.45, 2.75) is 116 Å². The van der Waals surface area contributed by atoms with E-state index in [9.17, 15) is 0 Å². The number of thiophene rings is 1. The number of benzene rings is 8. The van der Waals surface area contributed by atoms with E-state index < -0.39 is 0 Å². The van der Waals surface area contributed by atoms with Gasteiger partial charge in [0.2, 0.25) is 0 Å². The number of nitrogens with one attached hydrogen (secondary N) is 1. The highest BCUT2D eigenvalue weighted by Gasteiger charge is 2.41. The molecule has 3 heterocycles. The van der Waals surface area contributed by atoms with Gasteiger partial charge < -0.3 is 9.88 Å². The molecular formula is C66H60BN2S. The normalized spacial score (nSPS) is 17.2. The molecule has 2 nitrogen and oxygen atoms in total. The maximum Gasteiger partial charge on any atom is 0.197 e. The molecule has 0 saturated carbocycles. The molecule has 0 amide bonds. The van der Waals surface area contributed by atoms with Crippen molar-refractivity contribution in [3.05, 3.63) is 172 Å². The second-order valence-corrected chi connectivity index (χ2v) is 25.8. The van der Waals surface area contributed by atoms with Crippen molar-refractivity contribution in [3.63, 3.8) is 0 Å². The van der Waals surface area contributed by atoms with Gasteiger partial charge in [0.15, 0.2) is 7.28 Å². The minimum absolute atomic E-state index is 0.0715. The quantitative estimate of drug-likeness (QED) is 0.175. The molecule has 1 N–H and O–H groups in total. The van der Waals surface area contributed by atoms with Crippen molar-refractivity contribution in [1.82, 2.24) is 4.57 Å². The molecule has 4 heteroatoms. The van der Waals surface area contributed by atoms with Gasteiger partial charge in [0.1, 0.15) is 0 Å². The van der Waals surface area contributed by atoms with E-state index in [1.54, 1.807) is 0 Å². The van der Waals surface area contributed by atoms with Gasteiger partial charge in [-0.3, -0.25) is 0 Å². The lowest BCUT2D eigenvalue weighted by molar-refractivity contribution is 0.332. The molecule has 0 atom stereocenters. The zero-order valence-corrected chi connectivity index (χ0v) is 43.4. The number of rotatable bonds is 3. The first-order valence-corrected chi connectivity index (χ1v) is 26.4. The average molecular weight is 924 g/mol. The van der Waals surface area contributed by atoms with E-state index in [4.69, 9.17) is 0 Å². The second kappa shape index (κ2) is 13.7. The Balaban J connectivity index is 1.06. The lowest BCUT2D eigenvalue weighted by Gasteiger charge is -2.41. The van der Waals surface area contributed by atoms with E-state index >= 15 is 0 Å². The minimum Gasteiger partial charge on any atom is -0.355 e. The summed E-state index contributed by atoms with van der Waals surface area (Å²) in [5.74, 6) is 0. The standard InChI is InChI=1S/C66H60BN2S/c1-62(2,3)36-20-22-37(23-21-36)68-55-35-59-46(47-30-52-53(34-58(47)70-59)64(6,7)27-26-63(52,4)5)29-44(55)40-24-25-41-45-28-42-38-16-12-14-18-48(38)66(10,11)51(42)33-56(45)69-57-31-43-39-17-13-15-19-49(39)65(8,9)50(43)32-54(57)67-60(40)61(41)69/h12-25,28-35,68H,26-27H2,1-11H3. The van der Waals surface area contributed by atoms with Gasteiger partial charge in [0.05, 0.1) is 5.52 Å². The first-order chi connectivity index (χ1) is 33.3. The Hall–Kier alpha value is -6.36. The lowest BCUT2D eigenvalue weighted by Crippen LogP contribution is -2.38. The van der Waals surface area contributed by atoms with Crippen LogP contribution < -0.4 is 16.2 Å². The molecule has 4 aliphatic rings. The van der Waals surface area contributed by atoms with Crippen molar-refractivity contribution >= 4 is 82.9 Å². The summed E-state index contributed by atoms with van der Waals surface area (Å²) in [6, 6.07) is 52.4. The molecule has 70 heavy (non-hydrogen) atoms. The summed E-state index contributed by atoms with van der Waals surface area (Å²) in [5.41, 5.74) is 26.6. The summed E-state index contributed by atoms with van der Waals surface area (Å²) < 4.78 is 5.35. The van der Waals surface area contributed by atoms with Crippen LogP contribution in [-0.4, -0.2) is 11.8 Å². The predicted molar refractivity (Wildman–Crippen MR) is 303 cm³/mol. The maximum absolute atomic E-state index is 4.03. The van der Waals surface area contributed by atoms with E-state index in [0.29, 0.717) is 0 Å². The number of hydrogen-bond donors (Lipinski definition) is 1. The Kier molecular flexibility index (Phi) is 8.34. The molecule has 0 saturated heterocycles. The van der Waals surface area contributed by atoms with Crippen LogP contribution in [0.3, 0.4) is 0 Å². The zero-order valence-electron chi connectivity index (χ0n) is 42.5. The van der Waals surface area contributed by atoms with Gasteiger partial charge in [-0.2, -0.15) is 0 Å².